The lowest BCUT2D eigenvalue weighted by Gasteiger charge is -2.34. The van der Waals surface area contributed by atoms with Crippen LogP contribution in [0.25, 0.3) is 17.2 Å². The second-order valence-electron chi connectivity index (χ2n) is 8.34. The van der Waals surface area contributed by atoms with Gasteiger partial charge in [0.15, 0.2) is 5.82 Å². The molecule has 0 spiro atoms. The molecule has 0 N–H and O–H groups in total. The van der Waals surface area contributed by atoms with E-state index in [2.05, 4.69) is 19.9 Å². The average molecular weight is 444 g/mol. The summed E-state index contributed by atoms with van der Waals surface area (Å²) in [5.74, 6) is 1.10. The molecule has 7 nitrogen and oxygen atoms in total. The molecule has 2 aliphatic rings. The number of fused-ring (bicyclic) bond motifs is 1. The van der Waals surface area contributed by atoms with Crippen molar-refractivity contribution >= 4 is 17.4 Å². The number of alkyl halides is 3. The molecule has 5 heterocycles. The van der Waals surface area contributed by atoms with Gasteiger partial charge in [-0.3, -0.25) is 9.20 Å². The Bertz CT molecular complexity index is 1140. The van der Waals surface area contributed by atoms with E-state index < -0.39 is 11.7 Å². The number of likely N-dealkylation sites (tertiary alicyclic amines) is 1. The Hall–Kier alpha value is -3.17. The maximum absolute atomic E-state index is 13.2. The first-order valence-corrected chi connectivity index (χ1v) is 10.8. The van der Waals surface area contributed by atoms with Gasteiger partial charge in [0, 0.05) is 38.6 Å². The third-order valence-corrected chi connectivity index (χ3v) is 6.22. The minimum Gasteiger partial charge on any atom is -0.356 e. The highest BCUT2D eigenvalue weighted by molar-refractivity contribution is 5.80. The van der Waals surface area contributed by atoms with E-state index >= 15 is 0 Å². The fourth-order valence-electron chi connectivity index (χ4n) is 4.54. The van der Waals surface area contributed by atoms with Gasteiger partial charge in [-0.1, -0.05) is 0 Å². The molecular weight excluding hydrogens is 421 g/mol. The normalized spacial score (nSPS) is 19.7. The van der Waals surface area contributed by atoms with Gasteiger partial charge in [0.1, 0.15) is 17.2 Å². The second-order valence-corrected chi connectivity index (χ2v) is 8.34. The van der Waals surface area contributed by atoms with E-state index in [1.165, 1.54) is 16.7 Å². The predicted molar refractivity (Wildman–Crippen MR) is 112 cm³/mol. The molecule has 3 aromatic rings. The monoisotopic (exact) mass is 444 g/mol. The highest BCUT2D eigenvalue weighted by Crippen LogP contribution is 2.31. The van der Waals surface area contributed by atoms with Gasteiger partial charge in [0.05, 0.1) is 17.7 Å². The molecule has 2 fully saturated rings. The van der Waals surface area contributed by atoms with Crippen LogP contribution in [0, 0.1) is 5.92 Å². The predicted octanol–water partition coefficient (Wildman–Crippen LogP) is 3.65. The van der Waals surface area contributed by atoms with Crippen molar-refractivity contribution in [2.75, 3.05) is 31.1 Å². The number of amides is 1. The highest BCUT2D eigenvalue weighted by atomic mass is 19.4. The third-order valence-electron chi connectivity index (χ3n) is 6.22. The van der Waals surface area contributed by atoms with Gasteiger partial charge in [0.25, 0.3) is 0 Å². The quantitative estimate of drug-likeness (QED) is 0.617. The van der Waals surface area contributed by atoms with Crippen LogP contribution in [0.5, 0.6) is 0 Å². The van der Waals surface area contributed by atoms with Crippen LogP contribution in [0.1, 0.15) is 31.2 Å². The summed E-state index contributed by atoms with van der Waals surface area (Å²) in [5, 5.41) is 0. The van der Waals surface area contributed by atoms with Crippen molar-refractivity contribution < 1.29 is 18.0 Å². The van der Waals surface area contributed by atoms with Gasteiger partial charge in [-0.25, -0.2) is 15.0 Å². The number of carbonyl (C=O) groups is 1. The van der Waals surface area contributed by atoms with Crippen molar-refractivity contribution in [1.29, 1.82) is 0 Å². The molecule has 0 aromatic carbocycles. The molecule has 0 radical (unpaired) electrons. The number of nitrogens with zero attached hydrogens (tertiary/aromatic N) is 6. The number of halogens is 3. The lowest BCUT2D eigenvalue weighted by molar-refractivity contribution is -0.138. The Morgan fingerprint density at radius 1 is 1.03 bits per heavy atom. The van der Waals surface area contributed by atoms with Gasteiger partial charge in [-0.15, -0.1) is 0 Å². The largest absolute Gasteiger partial charge is 0.417 e. The van der Waals surface area contributed by atoms with E-state index in [1.807, 2.05) is 4.90 Å². The molecule has 0 saturated carbocycles. The number of imidazole rings is 1. The summed E-state index contributed by atoms with van der Waals surface area (Å²) in [5.41, 5.74) is 0.00519. The first-order valence-electron chi connectivity index (χ1n) is 10.8. The second kappa shape index (κ2) is 8.07. The fourth-order valence-corrected chi connectivity index (χ4v) is 4.54. The first-order chi connectivity index (χ1) is 15.4. The number of pyridine rings is 1. The summed E-state index contributed by atoms with van der Waals surface area (Å²) >= 11 is 0. The van der Waals surface area contributed by atoms with Crippen LogP contribution in [0.15, 0.2) is 36.8 Å². The Kier molecular flexibility index (Phi) is 5.22. The van der Waals surface area contributed by atoms with E-state index in [4.69, 9.17) is 0 Å². The number of aromatic nitrogens is 4. The van der Waals surface area contributed by atoms with Crippen molar-refractivity contribution in [2.45, 2.75) is 31.9 Å². The number of carbonyl (C=O) groups excluding carboxylic acids is 1. The van der Waals surface area contributed by atoms with Crippen molar-refractivity contribution in [3.8, 4) is 11.5 Å². The Morgan fingerprint density at radius 2 is 1.84 bits per heavy atom. The van der Waals surface area contributed by atoms with Crippen LogP contribution in [0.4, 0.5) is 19.0 Å². The molecule has 3 aromatic heterocycles. The van der Waals surface area contributed by atoms with E-state index in [9.17, 15) is 18.0 Å². The maximum Gasteiger partial charge on any atom is 0.417 e. The zero-order chi connectivity index (χ0) is 22.3. The SMILES string of the molecule is O=C(C1CCCN(c2ccnc(-c3cnc4ccc(C(F)(F)F)cn34)n2)C1)N1CCCC1. The topological polar surface area (TPSA) is 66.6 Å². The maximum atomic E-state index is 13.2. The Labute approximate surface area is 182 Å². The summed E-state index contributed by atoms with van der Waals surface area (Å²) in [6.07, 6.45) is 3.49. The van der Waals surface area contributed by atoms with Gasteiger partial charge in [-0.2, -0.15) is 13.2 Å². The van der Waals surface area contributed by atoms with Crippen LogP contribution >= 0.6 is 0 Å². The molecule has 32 heavy (non-hydrogen) atoms. The number of hydrogen-bond acceptors (Lipinski definition) is 5. The van der Waals surface area contributed by atoms with Crippen LogP contribution in [-0.4, -0.2) is 56.3 Å². The van der Waals surface area contributed by atoms with Crippen molar-refractivity contribution in [3.63, 3.8) is 0 Å². The molecule has 0 aliphatic carbocycles. The number of anilines is 1. The van der Waals surface area contributed by atoms with Gasteiger partial charge in [-0.05, 0) is 43.9 Å². The van der Waals surface area contributed by atoms with Crippen molar-refractivity contribution in [1.82, 2.24) is 24.3 Å². The number of rotatable bonds is 3. The lowest BCUT2D eigenvalue weighted by atomic mass is 9.96. The lowest BCUT2D eigenvalue weighted by Crippen LogP contribution is -2.44. The molecule has 0 bridgehead atoms. The van der Waals surface area contributed by atoms with Gasteiger partial charge >= 0.3 is 6.18 Å². The van der Waals surface area contributed by atoms with Crippen LogP contribution in [0.3, 0.4) is 0 Å². The zero-order valence-corrected chi connectivity index (χ0v) is 17.4. The fraction of sp³-hybridized carbons (Fsp3) is 0.455. The van der Waals surface area contributed by atoms with Gasteiger partial charge in [0.2, 0.25) is 5.91 Å². The highest BCUT2D eigenvalue weighted by Gasteiger charge is 2.32. The minimum atomic E-state index is -4.46. The van der Waals surface area contributed by atoms with E-state index in [0.717, 1.165) is 57.6 Å². The molecule has 1 unspecified atom stereocenters. The van der Waals surface area contributed by atoms with Gasteiger partial charge < -0.3 is 9.80 Å². The first kappa shape index (κ1) is 20.7. The Balaban J connectivity index is 1.42. The van der Waals surface area contributed by atoms with E-state index in [0.29, 0.717) is 29.5 Å². The van der Waals surface area contributed by atoms with Crippen molar-refractivity contribution in [2.24, 2.45) is 5.92 Å². The third kappa shape index (κ3) is 3.89. The van der Waals surface area contributed by atoms with E-state index in [1.54, 1.807) is 12.3 Å². The summed E-state index contributed by atoms with van der Waals surface area (Å²) in [7, 11) is 0. The molecule has 168 valence electrons. The summed E-state index contributed by atoms with van der Waals surface area (Å²) in [6, 6.07) is 4.11. The minimum absolute atomic E-state index is 0.0644. The van der Waals surface area contributed by atoms with Crippen LogP contribution in [-0.2, 0) is 11.0 Å². The molecule has 1 atom stereocenters. The zero-order valence-electron chi connectivity index (χ0n) is 17.4. The van der Waals surface area contributed by atoms with Crippen molar-refractivity contribution in [3.05, 3.63) is 42.4 Å². The molecule has 2 aliphatic heterocycles. The number of hydrogen-bond donors (Lipinski definition) is 0. The van der Waals surface area contributed by atoms with E-state index in [-0.39, 0.29) is 11.8 Å². The standard InChI is InChI=1S/C22H23F3N6O/c23-22(24,25)16-5-6-18-27-12-17(31(18)14-16)20-26-8-7-19(28-20)30-11-3-4-15(13-30)21(32)29-9-1-2-10-29/h5-8,12,14-15H,1-4,9-11,13H2. The number of piperidine rings is 1. The Morgan fingerprint density at radius 3 is 2.62 bits per heavy atom. The molecule has 10 heteroatoms. The summed E-state index contributed by atoms with van der Waals surface area (Å²) in [4.78, 5) is 30.0. The molecule has 5 rings (SSSR count). The van der Waals surface area contributed by atoms with Crippen LogP contribution in [0.2, 0.25) is 0 Å². The molecular formula is C22H23F3N6O. The summed E-state index contributed by atoms with van der Waals surface area (Å²) < 4.78 is 40.9. The molecule has 2 saturated heterocycles. The summed E-state index contributed by atoms with van der Waals surface area (Å²) in [6.45, 7) is 3.02. The average Bonchev–Trinajstić information content (AvgIpc) is 3.48. The van der Waals surface area contributed by atoms with Crippen LogP contribution < -0.4 is 4.90 Å². The molecule has 1 amide bonds. The smallest absolute Gasteiger partial charge is 0.356 e.